The van der Waals surface area contributed by atoms with Crippen molar-refractivity contribution in [3.8, 4) is 0 Å². The first kappa shape index (κ1) is 13.3. The SMILES string of the molecule is COP(=O)(OC)C(=[N+]=[N-])C(C)=C(C)C. The third-order valence-electron chi connectivity index (χ3n) is 1.92. The fourth-order valence-electron chi connectivity index (χ4n) is 0.806. The highest BCUT2D eigenvalue weighted by molar-refractivity contribution is 7.72. The minimum absolute atomic E-state index is 0.0532. The number of allylic oxidation sites excluding steroid dienone is 2. The average Bonchev–Trinajstić information content (AvgIpc) is 2.18. The summed E-state index contributed by atoms with van der Waals surface area (Å²) in [6.07, 6.45) is 0. The summed E-state index contributed by atoms with van der Waals surface area (Å²) in [5, 5.41) is 0. The molecule has 0 amide bonds. The Morgan fingerprint density at radius 2 is 1.64 bits per heavy atom. The van der Waals surface area contributed by atoms with E-state index < -0.39 is 7.60 Å². The Balaban J connectivity index is 5.45. The molecule has 0 atom stereocenters. The maximum absolute atomic E-state index is 11.9. The largest absolute Gasteiger partial charge is 0.442 e. The Hall–Kier alpha value is -0.730. The van der Waals surface area contributed by atoms with Gasteiger partial charge in [0.25, 0.3) is 0 Å². The van der Waals surface area contributed by atoms with E-state index in [0.29, 0.717) is 5.57 Å². The Morgan fingerprint density at radius 1 is 1.21 bits per heavy atom. The van der Waals surface area contributed by atoms with Crippen molar-refractivity contribution in [3.63, 3.8) is 0 Å². The lowest BCUT2D eigenvalue weighted by molar-refractivity contribution is -0.00252. The fourth-order valence-corrected chi connectivity index (χ4v) is 2.05. The molecule has 0 rings (SSSR count). The molecule has 14 heavy (non-hydrogen) atoms. The van der Waals surface area contributed by atoms with Crippen LogP contribution in [0, 0.1) is 0 Å². The van der Waals surface area contributed by atoms with Gasteiger partial charge >= 0.3 is 13.0 Å². The molecule has 0 unspecified atom stereocenters. The predicted molar refractivity (Wildman–Crippen MR) is 54.3 cm³/mol. The molecular formula is C8H15N2O3P. The van der Waals surface area contributed by atoms with E-state index in [2.05, 4.69) is 4.79 Å². The molecule has 0 aliphatic heterocycles. The zero-order valence-corrected chi connectivity index (χ0v) is 9.96. The Morgan fingerprint density at radius 3 is 1.86 bits per heavy atom. The molecule has 80 valence electrons. The van der Waals surface area contributed by atoms with Gasteiger partial charge in [0, 0.05) is 19.8 Å². The number of rotatable bonds is 4. The van der Waals surface area contributed by atoms with Crippen molar-refractivity contribution in [1.29, 1.82) is 0 Å². The standard InChI is InChI=1S/C8H15N2O3P/c1-6(2)7(3)8(10-9)14(11,12-4)13-5/h1-5H3. The Bertz CT molecular complexity index is 330. The highest BCUT2D eigenvalue weighted by atomic mass is 31.2. The summed E-state index contributed by atoms with van der Waals surface area (Å²) >= 11 is 0. The van der Waals surface area contributed by atoms with Crippen LogP contribution in [-0.2, 0) is 13.6 Å². The second-order valence-electron chi connectivity index (χ2n) is 2.91. The normalized spacial score (nSPS) is 10.6. The maximum Gasteiger partial charge on any atom is 0.442 e. The third-order valence-corrected chi connectivity index (χ3v) is 3.83. The lowest BCUT2D eigenvalue weighted by Crippen LogP contribution is -2.07. The Kier molecular flexibility index (Phi) is 4.95. The molecule has 6 heteroatoms. The van der Waals surface area contributed by atoms with E-state index in [4.69, 9.17) is 14.6 Å². The summed E-state index contributed by atoms with van der Waals surface area (Å²) in [4.78, 5) is 2.97. The molecule has 0 radical (unpaired) electrons. The van der Waals surface area contributed by atoms with E-state index in [1.165, 1.54) is 14.2 Å². The molecular weight excluding hydrogens is 203 g/mol. The van der Waals surface area contributed by atoms with Crippen LogP contribution in [0.25, 0.3) is 5.53 Å². The summed E-state index contributed by atoms with van der Waals surface area (Å²) in [6, 6.07) is 0. The van der Waals surface area contributed by atoms with Crippen LogP contribution in [0.5, 0.6) is 0 Å². The van der Waals surface area contributed by atoms with Gasteiger partial charge in [-0.25, -0.2) is 4.57 Å². The molecule has 0 saturated carbocycles. The Labute approximate surface area is 83.9 Å². The fraction of sp³-hybridized carbons (Fsp3) is 0.625. The van der Waals surface area contributed by atoms with Gasteiger partial charge in [-0.15, -0.1) is 0 Å². The third kappa shape index (κ3) is 2.63. The zero-order valence-electron chi connectivity index (χ0n) is 9.07. The van der Waals surface area contributed by atoms with E-state index >= 15 is 0 Å². The van der Waals surface area contributed by atoms with Gasteiger partial charge in [-0.05, 0) is 20.8 Å². The first-order valence-electron chi connectivity index (χ1n) is 4.01. The molecule has 0 saturated heterocycles. The molecule has 0 heterocycles. The molecule has 0 N–H and O–H groups in total. The molecule has 0 aromatic heterocycles. The van der Waals surface area contributed by atoms with Crippen molar-refractivity contribution >= 4 is 13.0 Å². The molecule has 0 bridgehead atoms. The van der Waals surface area contributed by atoms with Crippen LogP contribution in [0.4, 0.5) is 0 Å². The molecule has 0 aliphatic carbocycles. The van der Waals surface area contributed by atoms with Gasteiger partial charge in [-0.1, -0.05) is 5.57 Å². The molecule has 5 nitrogen and oxygen atoms in total. The van der Waals surface area contributed by atoms with Crippen LogP contribution < -0.4 is 0 Å². The number of nitrogens with zero attached hydrogens (tertiary/aromatic N) is 2. The van der Waals surface area contributed by atoms with Gasteiger partial charge in [0.1, 0.15) is 0 Å². The van der Waals surface area contributed by atoms with Gasteiger partial charge in [-0.2, -0.15) is 4.79 Å². The second kappa shape index (κ2) is 5.23. The van der Waals surface area contributed by atoms with Crippen LogP contribution in [0.2, 0.25) is 0 Å². The van der Waals surface area contributed by atoms with Crippen molar-refractivity contribution in [3.05, 3.63) is 16.7 Å². The van der Waals surface area contributed by atoms with Crippen molar-refractivity contribution in [2.75, 3.05) is 14.2 Å². The van der Waals surface area contributed by atoms with E-state index in [1.54, 1.807) is 6.92 Å². The molecule has 0 aromatic carbocycles. The summed E-state index contributed by atoms with van der Waals surface area (Å²) in [6.45, 7) is 5.32. The second-order valence-corrected chi connectivity index (χ2v) is 5.06. The minimum Gasteiger partial charge on any atom is -0.360 e. The van der Waals surface area contributed by atoms with Crippen LogP contribution in [0.3, 0.4) is 0 Å². The first-order chi connectivity index (χ1) is 6.42. The number of hydrogen-bond acceptors (Lipinski definition) is 3. The van der Waals surface area contributed by atoms with Crippen molar-refractivity contribution in [2.45, 2.75) is 20.8 Å². The molecule has 0 fully saturated rings. The molecule has 0 spiro atoms. The number of hydrogen-bond donors (Lipinski definition) is 0. The van der Waals surface area contributed by atoms with Gasteiger partial charge in [0.15, 0.2) is 0 Å². The van der Waals surface area contributed by atoms with Crippen molar-refractivity contribution < 1.29 is 18.4 Å². The first-order valence-corrected chi connectivity index (χ1v) is 5.55. The van der Waals surface area contributed by atoms with Crippen molar-refractivity contribution in [2.24, 2.45) is 0 Å². The van der Waals surface area contributed by atoms with Crippen molar-refractivity contribution in [1.82, 2.24) is 0 Å². The smallest absolute Gasteiger partial charge is 0.360 e. The quantitative estimate of drug-likeness (QED) is 0.315. The monoisotopic (exact) mass is 218 g/mol. The lowest BCUT2D eigenvalue weighted by Gasteiger charge is -2.09. The van der Waals surface area contributed by atoms with Crippen LogP contribution in [0.1, 0.15) is 20.8 Å². The summed E-state index contributed by atoms with van der Waals surface area (Å²) in [7, 11) is -0.972. The van der Waals surface area contributed by atoms with Gasteiger partial charge in [-0.3, -0.25) is 0 Å². The summed E-state index contributed by atoms with van der Waals surface area (Å²) in [5.41, 5.74) is 10.2. The zero-order chi connectivity index (χ0) is 11.4. The van der Waals surface area contributed by atoms with E-state index in [0.717, 1.165) is 5.57 Å². The van der Waals surface area contributed by atoms with Gasteiger partial charge in [0.2, 0.25) is 0 Å². The molecule has 0 aromatic rings. The van der Waals surface area contributed by atoms with Gasteiger partial charge < -0.3 is 14.6 Å². The molecule has 0 aliphatic rings. The topological polar surface area (TPSA) is 71.9 Å². The van der Waals surface area contributed by atoms with Crippen LogP contribution >= 0.6 is 7.60 Å². The van der Waals surface area contributed by atoms with Gasteiger partial charge in [0.05, 0.1) is 0 Å². The van der Waals surface area contributed by atoms with Crippen LogP contribution in [-0.4, -0.2) is 24.5 Å². The van der Waals surface area contributed by atoms with E-state index in [1.807, 2.05) is 13.8 Å². The summed E-state index contributed by atoms with van der Waals surface area (Å²) < 4.78 is 21.3. The maximum atomic E-state index is 11.9. The van der Waals surface area contributed by atoms with E-state index in [9.17, 15) is 4.57 Å². The lowest BCUT2D eigenvalue weighted by atomic mass is 10.2. The van der Waals surface area contributed by atoms with Crippen LogP contribution in [0.15, 0.2) is 11.1 Å². The summed E-state index contributed by atoms with van der Waals surface area (Å²) in [5.74, 6) is 0. The predicted octanol–water partition coefficient (Wildman–Crippen LogP) is 2.46. The highest BCUT2D eigenvalue weighted by Crippen LogP contribution is 2.49. The highest BCUT2D eigenvalue weighted by Gasteiger charge is 2.39. The average molecular weight is 218 g/mol. The minimum atomic E-state index is -3.46. The van der Waals surface area contributed by atoms with E-state index in [-0.39, 0.29) is 5.45 Å².